The average Bonchev–Trinajstić information content (AvgIpc) is 2.61. The Kier molecular flexibility index (Phi) is 4.30. The molecular weight excluding hydrogens is 214 g/mol. The minimum atomic E-state index is -0.562. The summed E-state index contributed by atoms with van der Waals surface area (Å²) in [7, 11) is 0. The first kappa shape index (κ1) is 11.7. The van der Waals surface area contributed by atoms with Crippen LogP contribution in [0.1, 0.15) is 17.4 Å². The van der Waals surface area contributed by atoms with E-state index < -0.39 is 5.97 Å². The summed E-state index contributed by atoms with van der Waals surface area (Å²) in [6.45, 7) is 3.94. The number of nitrogens with zero attached hydrogens (tertiary/aromatic N) is 1. The Labute approximate surface area is 92.2 Å². The number of hydrogen-bond acceptors (Lipinski definition) is 5. The van der Waals surface area contributed by atoms with Crippen molar-refractivity contribution < 1.29 is 14.7 Å². The van der Waals surface area contributed by atoms with Gasteiger partial charge in [0.2, 0.25) is 0 Å². The topological polar surface area (TPSA) is 58.9 Å². The normalized spacial score (nSPS) is 11.5. The molecule has 1 aromatic heterocycles. The van der Waals surface area contributed by atoms with Gasteiger partial charge in [-0.05, 0) is 30.9 Å². The van der Waals surface area contributed by atoms with Gasteiger partial charge < -0.3 is 9.94 Å². The summed E-state index contributed by atoms with van der Waals surface area (Å²) in [5.41, 5.74) is 1.13. The monoisotopic (exact) mass is 227 g/mol. The van der Waals surface area contributed by atoms with E-state index in [1.165, 1.54) is 11.3 Å². The van der Waals surface area contributed by atoms with Gasteiger partial charge in [0.15, 0.2) is 5.71 Å². The standard InChI is InChI=1S/C10H13NO3S/c1-3-14-10(12)8(11-13)6-9-7(2)4-5-15-9/h4-5,13H,3,6H2,1-2H3/b11-8-. The highest BCUT2D eigenvalue weighted by atomic mass is 32.1. The van der Waals surface area contributed by atoms with E-state index in [0.29, 0.717) is 6.42 Å². The molecule has 0 aromatic carbocycles. The van der Waals surface area contributed by atoms with E-state index in [1.54, 1.807) is 6.92 Å². The van der Waals surface area contributed by atoms with Crippen LogP contribution in [0.4, 0.5) is 0 Å². The molecule has 0 spiro atoms. The molecule has 15 heavy (non-hydrogen) atoms. The second kappa shape index (κ2) is 5.50. The van der Waals surface area contributed by atoms with E-state index in [4.69, 9.17) is 9.94 Å². The Morgan fingerprint density at radius 3 is 2.87 bits per heavy atom. The molecule has 0 aliphatic carbocycles. The van der Waals surface area contributed by atoms with Gasteiger partial charge in [-0.25, -0.2) is 4.79 Å². The Hall–Kier alpha value is -1.36. The van der Waals surface area contributed by atoms with E-state index in [0.717, 1.165) is 10.4 Å². The second-order valence-corrected chi connectivity index (χ2v) is 3.97. The van der Waals surface area contributed by atoms with Crippen LogP contribution in [0.2, 0.25) is 0 Å². The summed E-state index contributed by atoms with van der Waals surface area (Å²) < 4.78 is 4.76. The number of rotatable bonds is 4. The van der Waals surface area contributed by atoms with E-state index in [1.807, 2.05) is 18.4 Å². The summed E-state index contributed by atoms with van der Waals surface area (Å²) in [5, 5.41) is 13.6. The van der Waals surface area contributed by atoms with Gasteiger partial charge in [-0.15, -0.1) is 11.3 Å². The average molecular weight is 227 g/mol. The zero-order valence-electron chi connectivity index (χ0n) is 8.69. The van der Waals surface area contributed by atoms with Gasteiger partial charge in [0.25, 0.3) is 0 Å². The molecule has 0 amide bonds. The Bertz CT molecular complexity index is 370. The maximum Gasteiger partial charge on any atom is 0.356 e. The van der Waals surface area contributed by atoms with Gasteiger partial charge in [-0.1, -0.05) is 5.16 Å². The van der Waals surface area contributed by atoms with Crippen molar-refractivity contribution in [3.8, 4) is 0 Å². The Balaban J connectivity index is 2.71. The van der Waals surface area contributed by atoms with E-state index in [2.05, 4.69) is 5.16 Å². The van der Waals surface area contributed by atoms with Crippen LogP contribution in [0.15, 0.2) is 16.6 Å². The second-order valence-electron chi connectivity index (χ2n) is 2.97. The fourth-order valence-electron chi connectivity index (χ4n) is 1.10. The lowest BCUT2D eigenvalue weighted by Crippen LogP contribution is -2.19. The molecule has 0 bridgehead atoms. The summed E-state index contributed by atoms with van der Waals surface area (Å²) in [4.78, 5) is 12.3. The third-order valence-electron chi connectivity index (χ3n) is 1.93. The molecule has 0 saturated carbocycles. The minimum absolute atomic E-state index is 0.0439. The fraction of sp³-hybridized carbons (Fsp3) is 0.400. The number of carbonyl (C=O) groups is 1. The van der Waals surface area contributed by atoms with Crippen LogP contribution in [-0.4, -0.2) is 23.5 Å². The maximum absolute atomic E-state index is 11.3. The quantitative estimate of drug-likeness (QED) is 0.370. The molecule has 1 aromatic rings. The lowest BCUT2D eigenvalue weighted by atomic mass is 10.2. The number of aryl methyl sites for hydroxylation is 1. The molecule has 1 N–H and O–H groups in total. The van der Waals surface area contributed by atoms with E-state index >= 15 is 0 Å². The summed E-state index contributed by atoms with van der Waals surface area (Å²) in [5.74, 6) is -0.562. The van der Waals surface area contributed by atoms with Gasteiger partial charge in [0, 0.05) is 11.3 Å². The molecule has 1 rings (SSSR count). The molecule has 4 nitrogen and oxygen atoms in total. The van der Waals surface area contributed by atoms with Gasteiger partial charge in [-0.2, -0.15) is 0 Å². The van der Waals surface area contributed by atoms with Crippen molar-refractivity contribution in [3.05, 3.63) is 21.9 Å². The third kappa shape index (κ3) is 3.06. The summed E-state index contributed by atoms with van der Waals surface area (Å²) >= 11 is 1.53. The van der Waals surface area contributed by atoms with E-state index in [-0.39, 0.29) is 12.3 Å². The molecule has 1 heterocycles. The first-order chi connectivity index (χ1) is 7.19. The number of ether oxygens (including phenoxy) is 1. The van der Waals surface area contributed by atoms with E-state index in [9.17, 15) is 4.79 Å². The third-order valence-corrected chi connectivity index (χ3v) is 2.95. The number of thiophene rings is 1. The molecule has 5 heteroatoms. The highest BCUT2D eigenvalue weighted by Gasteiger charge is 2.15. The van der Waals surface area contributed by atoms with Crippen LogP contribution >= 0.6 is 11.3 Å². The van der Waals surface area contributed by atoms with Gasteiger partial charge in [-0.3, -0.25) is 0 Å². The van der Waals surface area contributed by atoms with Crippen LogP contribution in [-0.2, 0) is 16.0 Å². The summed E-state index contributed by atoms with van der Waals surface area (Å²) in [6.07, 6.45) is 0.318. The first-order valence-electron chi connectivity index (χ1n) is 4.60. The fourth-order valence-corrected chi connectivity index (χ4v) is 2.01. The van der Waals surface area contributed by atoms with Crippen LogP contribution < -0.4 is 0 Å². The molecule has 0 radical (unpaired) electrons. The summed E-state index contributed by atoms with van der Waals surface area (Å²) in [6, 6.07) is 1.96. The van der Waals surface area contributed by atoms with Crippen LogP contribution in [0.25, 0.3) is 0 Å². The van der Waals surface area contributed by atoms with Gasteiger partial charge in [0.05, 0.1) is 6.61 Å². The zero-order chi connectivity index (χ0) is 11.3. The number of oxime groups is 1. The maximum atomic E-state index is 11.3. The predicted molar refractivity (Wildman–Crippen MR) is 58.6 cm³/mol. The highest BCUT2D eigenvalue weighted by Crippen LogP contribution is 2.16. The largest absolute Gasteiger partial charge is 0.461 e. The van der Waals surface area contributed by atoms with Gasteiger partial charge >= 0.3 is 5.97 Å². The number of carbonyl (C=O) groups excluding carboxylic acids is 1. The molecule has 0 saturated heterocycles. The first-order valence-corrected chi connectivity index (χ1v) is 5.48. The molecule has 0 atom stereocenters. The molecule has 0 aliphatic rings. The van der Waals surface area contributed by atoms with Crippen molar-refractivity contribution >= 4 is 23.0 Å². The van der Waals surface area contributed by atoms with Crippen molar-refractivity contribution in [2.45, 2.75) is 20.3 Å². The van der Waals surface area contributed by atoms with Crippen molar-refractivity contribution in [2.24, 2.45) is 5.16 Å². The molecule has 0 fully saturated rings. The molecular formula is C10H13NO3S. The Morgan fingerprint density at radius 2 is 2.40 bits per heavy atom. The Morgan fingerprint density at radius 1 is 1.67 bits per heavy atom. The predicted octanol–water partition coefficient (Wildman–Crippen LogP) is 1.99. The van der Waals surface area contributed by atoms with Crippen molar-refractivity contribution in [2.75, 3.05) is 6.61 Å². The van der Waals surface area contributed by atoms with Crippen molar-refractivity contribution in [1.82, 2.24) is 0 Å². The van der Waals surface area contributed by atoms with Crippen LogP contribution in [0.5, 0.6) is 0 Å². The number of hydrogen-bond donors (Lipinski definition) is 1. The van der Waals surface area contributed by atoms with Crippen LogP contribution in [0, 0.1) is 6.92 Å². The van der Waals surface area contributed by atoms with Crippen molar-refractivity contribution in [1.29, 1.82) is 0 Å². The molecule has 0 aliphatic heterocycles. The van der Waals surface area contributed by atoms with Crippen molar-refractivity contribution in [3.63, 3.8) is 0 Å². The lowest BCUT2D eigenvalue weighted by molar-refractivity contribution is -0.135. The lowest BCUT2D eigenvalue weighted by Gasteiger charge is -2.03. The highest BCUT2D eigenvalue weighted by molar-refractivity contribution is 7.10. The molecule has 0 unspecified atom stereocenters. The number of esters is 1. The smallest absolute Gasteiger partial charge is 0.356 e. The zero-order valence-corrected chi connectivity index (χ0v) is 9.50. The van der Waals surface area contributed by atoms with Crippen LogP contribution in [0.3, 0.4) is 0 Å². The van der Waals surface area contributed by atoms with Gasteiger partial charge in [0.1, 0.15) is 0 Å². The SMILES string of the molecule is CCOC(=O)/C(Cc1sccc1C)=N\O. The minimum Gasteiger partial charge on any atom is -0.461 e. The molecule has 82 valence electrons.